The third-order valence-corrected chi connectivity index (χ3v) is 3.74. The van der Waals surface area contributed by atoms with Crippen molar-refractivity contribution in [1.29, 1.82) is 0 Å². The number of carbonyl (C=O) groups is 2. The Morgan fingerprint density at radius 2 is 2.20 bits per heavy atom. The molecule has 3 N–H and O–H groups in total. The Labute approximate surface area is 145 Å². The van der Waals surface area contributed by atoms with Crippen LogP contribution in [-0.4, -0.2) is 41.5 Å². The molecule has 0 spiro atoms. The van der Waals surface area contributed by atoms with Gasteiger partial charge in [-0.1, -0.05) is 6.07 Å². The van der Waals surface area contributed by atoms with Crippen molar-refractivity contribution in [2.75, 3.05) is 29.9 Å². The smallest absolute Gasteiger partial charge is 0.319 e. The van der Waals surface area contributed by atoms with Gasteiger partial charge in [-0.2, -0.15) is 0 Å². The standard InChI is InChI=1S/C17H20N6O2/c1-12-3-2-4-13(21-12)10-20-17(25)22-14-5-6-15(19-9-14)23-8-7-18-16(24)11-23/h2-6,9H,7-8,10-11H2,1H3,(H,18,24)(H2,20,22,25). The first-order valence-corrected chi connectivity index (χ1v) is 8.05. The van der Waals surface area contributed by atoms with Crippen LogP contribution in [0.1, 0.15) is 11.4 Å². The maximum Gasteiger partial charge on any atom is 0.319 e. The molecule has 3 amide bonds. The fraction of sp³-hybridized carbons (Fsp3) is 0.294. The van der Waals surface area contributed by atoms with E-state index < -0.39 is 0 Å². The quantitative estimate of drug-likeness (QED) is 0.772. The third-order valence-electron chi connectivity index (χ3n) is 3.74. The van der Waals surface area contributed by atoms with Gasteiger partial charge < -0.3 is 20.9 Å². The van der Waals surface area contributed by atoms with E-state index in [0.29, 0.717) is 31.1 Å². The van der Waals surface area contributed by atoms with Crippen molar-refractivity contribution in [1.82, 2.24) is 20.6 Å². The lowest BCUT2D eigenvalue weighted by atomic mass is 10.3. The van der Waals surface area contributed by atoms with Gasteiger partial charge in [-0.3, -0.25) is 9.78 Å². The highest BCUT2D eigenvalue weighted by Gasteiger charge is 2.17. The number of rotatable bonds is 4. The van der Waals surface area contributed by atoms with Crippen LogP contribution in [0.4, 0.5) is 16.3 Å². The van der Waals surface area contributed by atoms with Gasteiger partial charge in [0.15, 0.2) is 0 Å². The molecule has 1 saturated heterocycles. The summed E-state index contributed by atoms with van der Waals surface area (Å²) in [6.45, 7) is 3.87. The Bertz CT molecular complexity index is 762. The molecule has 1 fully saturated rings. The van der Waals surface area contributed by atoms with Crippen LogP contribution < -0.4 is 20.9 Å². The molecular formula is C17H20N6O2. The highest BCUT2D eigenvalue weighted by Crippen LogP contribution is 2.14. The van der Waals surface area contributed by atoms with Gasteiger partial charge in [-0.15, -0.1) is 0 Å². The summed E-state index contributed by atoms with van der Waals surface area (Å²) in [6, 6.07) is 8.90. The van der Waals surface area contributed by atoms with E-state index in [9.17, 15) is 9.59 Å². The minimum atomic E-state index is -0.324. The fourth-order valence-electron chi connectivity index (χ4n) is 2.53. The molecule has 0 atom stereocenters. The average molecular weight is 340 g/mol. The van der Waals surface area contributed by atoms with Crippen LogP contribution in [-0.2, 0) is 11.3 Å². The van der Waals surface area contributed by atoms with Crippen molar-refractivity contribution in [3.8, 4) is 0 Å². The van der Waals surface area contributed by atoms with Crippen molar-refractivity contribution in [3.05, 3.63) is 47.9 Å². The molecule has 3 rings (SSSR count). The Morgan fingerprint density at radius 3 is 2.92 bits per heavy atom. The van der Waals surface area contributed by atoms with Gasteiger partial charge in [-0.25, -0.2) is 9.78 Å². The first kappa shape index (κ1) is 16.7. The van der Waals surface area contributed by atoms with Crippen LogP contribution in [0.25, 0.3) is 0 Å². The number of urea groups is 1. The van der Waals surface area contributed by atoms with E-state index in [4.69, 9.17) is 0 Å². The number of carbonyl (C=O) groups excluding carboxylic acids is 2. The Balaban J connectivity index is 1.52. The van der Waals surface area contributed by atoms with Gasteiger partial charge in [0.1, 0.15) is 5.82 Å². The zero-order valence-electron chi connectivity index (χ0n) is 14.0. The van der Waals surface area contributed by atoms with Gasteiger partial charge in [0.25, 0.3) is 0 Å². The molecular weight excluding hydrogens is 320 g/mol. The predicted octanol–water partition coefficient (Wildman–Crippen LogP) is 1.04. The summed E-state index contributed by atoms with van der Waals surface area (Å²) >= 11 is 0. The maximum atomic E-state index is 12.0. The third kappa shape index (κ3) is 4.66. The number of hydrogen-bond donors (Lipinski definition) is 3. The SMILES string of the molecule is Cc1cccc(CNC(=O)Nc2ccc(N3CCNC(=O)C3)nc2)n1. The molecule has 25 heavy (non-hydrogen) atoms. The molecule has 0 unspecified atom stereocenters. The normalized spacial score (nSPS) is 14.0. The molecule has 8 heteroatoms. The topological polar surface area (TPSA) is 99.2 Å². The zero-order chi connectivity index (χ0) is 17.6. The molecule has 0 bridgehead atoms. The lowest BCUT2D eigenvalue weighted by Crippen LogP contribution is -2.48. The second-order valence-electron chi connectivity index (χ2n) is 5.75. The summed E-state index contributed by atoms with van der Waals surface area (Å²) in [5.41, 5.74) is 2.29. The first-order valence-electron chi connectivity index (χ1n) is 8.05. The lowest BCUT2D eigenvalue weighted by molar-refractivity contribution is -0.120. The average Bonchev–Trinajstić information content (AvgIpc) is 2.61. The molecule has 0 radical (unpaired) electrons. The van der Waals surface area contributed by atoms with E-state index in [-0.39, 0.29) is 11.9 Å². The summed E-state index contributed by atoms with van der Waals surface area (Å²) in [5.74, 6) is 0.698. The minimum Gasteiger partial charge on any atom is -0.353 e. The van der Waals surface area contributed by atoms with Gasteiger partial charge in [0.2, 0.25) is 5.91 Å². The van der Waals surface area contributed by atoms with Crippen molar-refractivity contribution in [2.45, 2.75) is 13.5 Å². The zero-order valence-corrected chi connectivity index (χ0v) is 14.0. The molecule has 0 saturated carbocycles. The number of nitrogens with one attached hydrogen (secondary N) is 3. The van der Waals surface area contributed by atoms with Crippen molar-refractivity contribution in [2.24, 2.45) is 0 Å². The van der Waals surface area contributed by atoms with Crippen molar-refractivity contribution < 1.29 is 9.59 Å². The largest absolute Gasteiger partial charge is 0.353 e. The van der Waals surface area contributed by atoms with Crippen molar-refractivity contribution in [3.63, 3.8) is 0 Å². The van der Waals surface area contributed by atoms with E-state index in [2.05, 4.69) is 25.9 Å². The number of hydrogen-bond acceptors (Lipinski definition) is 5. The molecule has 0 aliphatic carbocycles. The van der Waals surface area contributed by atoms with Gasteiger partial charge >= 0.3 is 6.03 Å². The van der Waals surface area contributed by atoms with E-state index in [1.807, 2.05) is 30.0 Å². The Hall–Kier alpha value is -3.16. The first-order chi connectivity index (χ1) is 12.1. The minimum absolute atomic E-state index is 0.0145. The number of aromatic nitrogens is 2. The molecule has 130 valence electrons. The number of nitrogens with zero attached hydrogens (tertiary/aromatic N) is 3. The lowest BCUT2D eigenvalue weighted by Gasteiger charge is -2.27. The summed E-state index contributed by atoms with van der Waals surface area (Å²) in [6.07, 6.45) is 1.58. The van der Waals surface area contributed by atoms with Crippen LogP contribution >= 0.6 is 0 Å². The highest BCUT2D eigenvalue weighted by molar-refractivity contribution is 5.89. The van der Waals surface area contributed by atoms with Gasteiger partial charge in [0.05, 0.1) is 30.7 Å². The maximum absolute atomic E-state index is 12.0. The number of anilines is 2. The fourth-order valence-corrected chi connectivity index (χ4v) is 2.53. The highest BCUT2D eigenvalue weighted by atomic mass is 16.2. The van der Waals surface area contributed by atoms with Crippen LogP contribution in [0, 0.1) is 6.92 Å². The number of amides is 3. The van der Waals surface area contributed by atoms with Crippen LogP contribution in [0.15, 0.2) is 36.5 Å². The van der Waals surface area contributed by atoms with Crippen LogP contribution in [0.5, 0.6) is 0 Å². The van der Waals surface area contributed by atoms with Crippen LogP contribution in [0.2, 0.25) is 0 Å². The molecule has 0 aromatic carbocycles. The molecule has 1 aliphatic heterocycles. The molecule has 1 aliphatic rings. The predicted molar refractivity (Wildman–Crippen MR) is 94.3 cm³/mol. The van der Waals surface area contributed by atoms with Crippen LogP contribution in [0.3, 0.4) is 0 Å². The monoisotopic (exact) mass is 340 g/mol. The molecule has 2 aromatic heterocycles. The Kier molecular flexibility index (Phi) is 5.08. The van der Waals surface area contributed by atoms with Gasteiger partial charge in [-0.05, 0) is 31.2 Å². The Morgan fingerprint density at radius 1 is 1.32 bits per heavy atom. The second kappa shape index (κ2) is 7.61. The van der Waals surface area contributed by atoms with Crippen molar-refractivity contribution >= 4 is 23.4 Å². The summed E-state index contributed by atoms with van der Waals surface area (Å²) in [5, 5.41) is 8.25. The van der Waals surface area contributed by atoms with E-state index in [1.54, 1.807) is 18.3 Å². The molecule has 2 aromatic rings. The molecule has 3 heterocycles. The molecule has 8 nitrogen and oxygen atoms in total. The van der Waals surface area contributed by atoms with E-state index in [0.717, 1.165) is 17.9 Å². The van der Waals surface area contributed by atoms with Gasteiger partial charge in [0, 0.05) is 18.8 Å². The number of aryl methyl sites for hydroxylation is 1. The second-order valence-corrected chi connectivity index (χ2v) is 5.75. The summed E-state index contributed by atoms with van der Waals surface area (Å²) < 4.78 is 0. The summed E-state index contributed by atoms with van der Waals surface area (Å²) in [4.78, 5) is 33.9. The number of piperazine rings is 1. The number of pyridine rings is 2. The van der Waals surface area contributed by atoms with E-state index in [1.165, 1.54) is 0 Å². The van der Waals surface area contributed by atoms with E-state index >= 15 is 0 Å². The summed E-state index contributed by atoms with van der Waals surface area (Å²) in [7, 11) is 0.